The van der Waals surface area contributed by atoms with E-state index >= 15 is 0 Å². The molecular formula is C21H24FN5O2. The quantitative estimate of drug-likeness (QED) is 0.691. The number of anilines is 1. The number of hydrogen-bond donors (Lipinski definition) is 2. The van der Waals surface area contributed by atoms with Crippen molar-refractivity contribution in [2.75, 3.05) is 12.4 Å². The van der Waals surface area contributed by atoms with Gasteiger partial charge in [-0.15, -0.1) is 0 Å². The first kappa shape index (κ1) is 20.3. The molecule has 0 fully saturated rings. The first-order chi connectivity index (χ1) is 13.7. The number of urea groups is 1. The van der Waals surface area contributed by atoms with E-state index in [1.54, 1.807) is 25.2 Å². The summed E-state index contributed by atoms with van der Waals surface area (Å²) in [4.78, 5) is 30.7. The molecule has 0 aliphatic carbocycles. The van der Waals surface area contributed by atoms with Gasteiger partial charge in [-0.05, 0) is 50.2 Å². The number of hydrogen-bond acceptors (Lipinski definition) is 3. The number of halogens is 1. The van der Waals surface area contributed by atoms with Gasteiger partial charge < -0.3 is 20.1 Å². The molecule has 0 aliphatic rings. The normalized spacial score (nSPS) is 11.0. The zero-order valence-electron chi connectivity index (χ0n) is 16.9. The average Bonchev–Trinajstić information content (AvgIpc) is 2.96. The summed E-state index contributed by atoms with van der Waals surface area (Å²) < 4.78 is 15.2. The number of carbonyl (C=O) groups is 2. The van der Waals surface area contributed by atoms with E-state index in [0.29, 0.717) is 22.6 Å². The molecule has 8 heteroatoms. The molecule has 3 amide bonds. The number of aryl methyl sites for hydroxylation is 1. The number of imidazole rings is 1. The molecule has 0 radical (unpaired) electrons. The lowest BCUT2D eigenvalue weighted by atomic mass is 10.2. The lowest BCUT2D eigenvalue weighted by Gasteiger charge is -2.17. The number of fused-ring (bicyclic) bond motifs is 1. The van der Waals surface area contributed by atoms with E-state index < -0.39 is 5.82 Å². The van der Waals surface area contributed by atoms with E-state index in [0.717, 1.165) is 5.52 Å². The van der Waals surface area contributed by atoms with Gasteiger partial charge in [0.25, 0.3) is 5.91 Å². The summed E-state index contributed by atoms with van der Waals surface area (Å²) in [6.45, 7) is 4.06. The van der Waals surface area contributed by atoms with Crippen LogP contribution in [0.2, 0.25) is 0 Å². The average molecular weight is 397 g/mol. The molecule has 0 bridgehead atoms. The summed E-state index contributed by atoms with van der Waals surface area (Å²) in [7, 11) is 3.49. The summed E-state index contributed by atoms with van der Waals surface area (Å²) in [5.41, 5.74) is 2.46. The van der Waals surface area contributed by atoms with Gasteiger partial charge in [0.15, 0.2) is 0 Å². The van der Waals surface area contributed by atoms with E-state index in [4.69, 9.17) is 0 Å². The Bertz CT molecular complexity index is 1060. The molecule has 1 heterocycles. The maximum atomic E-state index is 13.3. The Kier molecular flexibility index (Phi) is 5.81. The smallest absolute Gasteiger partial charge is 0.321 e. The Morgan fingerprint density at radius 2 is 1.97 bits per heavy atom. The largest absolute Gasteiger partial charge is 0.350 e. The second-order valence-electron chi connectivity index (χ2n) is 7.22. The van der Waals surface area contributed by atoms with Crippen LogP contribution in [0, 0.1) is 5.82 Å². The second-order valence-corrected chi connectivity index (χ2v) is 7.22. The SMILES string of the molecule is CC(C)NC(=O)c1ccc2c(c1)nc(CN(C)C(=O)Nc1cccc(F)c1)n2C. The standard InChI is InChI=1S/C21H24FN5O2/c1-13(2)23-20(28)14-8-9-18-17(10-14)25-19(27(18)4)12-26(3)21(29)24-16-7-5-6-15(22)11-16/h5-11,13H,12H2,1-4H3,(H,23,28)(H,24,29). The lowest BCUT2D eigenvalue weighted by Crippen LogP contribution is -2.31. The molecule has 3 aromatic rings. The minimum Gasteiger partial charge on any atom is -0.350 e. The number of aromatic nitrogens is 2. The summed E-state index contributed by atoms with van der Waals surface area (Å²) in [5, 5.41) is 5.51. The number of nitrogens with one attached hydrogen (secondary N) is 2. The van der Waals surface area contributed by atoms with E-state index in [1.807, 2.05) is 31.5 Å². The van der Waals surface area contributed by atoms with Crippen LogP contribution in [0.5, 0.6) is 0 Å². The van der Waals surface area contributed by atoms with Crippen molar-refractivity contribution in [1.29, 1.82) is 0 Å². The van der Waals surface area contributed by atoms with Crippen molar-refractivity contribution in [3.63, 3.8) is 0 Å². The second kappa shape index (κ2) is 8.30. The number of nitrogens with zero attached hydrogens (tertiary/aromatic N) is 3. The van der Waals surface area contributed by atoms with Gasteiger partial charge in [-0.1, -0.05) is 6.07 Å². The minimum atomic E-state index is -0.418. The van der Waals surface area contributed by atoms with E-state index in [-0.39, 0.29) is 24.5 Å². The molecule has 0 spiro atoms. The van der Waals surface area contributed by atoms with Crippen molar-refractivity contribution in [2.24, 2.45) is 7.05 Å². The van der Waals surface area contributed by atoms with Gasteiger partial charge in [-0.2, -0.15) is 0 Å². The fourth-order valence-corrected chi connectivity index (χ4v) is 2.95. The summed E-state index contributed by atoms with van der Waals surface area (Å²) in [5.74, 6) is 0.0945. The summed E-state index contributed by atoms with van der Waals surface area (Å²) in [6.07, 6.45) is 0. The molecule has 152 valence electrons. The third kappa shape index (κ3) is 4.71. The zero-order chi connectivity index (χ0) is 21.1. The van der Waals surface area contributed by atoms with Crippen LogP contribution in [0.3, 0.4) is 0 Å². The predicted octanol–water partition coefficient (Wildman–Crippen LogP) is 3.51. The summed E-state index contributed by atoms with van der Waals surface area (Å²) in [6, 6.07) is 10.7. The van der Waals surface area contributed by atoms with Crippen molar-refractivity contribution < 1.29 is 14.0 Å². The number of benzene rings is 2. The fourth-order valence-electron chi connectivity index (χ4n) is 2.95. The molecule has 0 saturated heterocycles. The molecule has 0 saturated carbocycles. The molecule has 1 aromatic heterocycles. The van der Waals surface area contributed by atoms with Crippen LogP contribution < -0.4 is 10.6 Å². The van der Waals surface area contributed by atoms with Crippen molar-refractivity contribution in [3.8, 4) is 0 Å². The topological polar surface area (TPSA) is 79.3 Å². The van der Waals surface area contributed by atoms with Crippen LogP contribution in [0.4, 0.5) is 14.9 Å². The van der Waals surface area contributed by atoms with Crippen molar-refractivity contribution in [3.05, 3.63) is 59.7 Å². The van der Waals surface area contributed by atoms with Crippen LogP contribution in [-0.4, -0.2) is 39.5 Å². The molecule has 2 aromatic carbocycles. The molecule has 0 unspecified atom stereocenters. The Labute approximate surface area is 168 Å². The molecule has 2 N–H and O–H groups in total. The lowest BCUT2D eigenvalue weighted by molar-refractivity contribution is 0.0943. The maximum absolute atomic E-state index is 13.3. The number of amides is 3. The van der Waals surface area contributed by atoms with E-state index in [9.17, 15) is 14.0 Å². The van der Waals surface area contributed by atoms with Crippen molar-refractivity contribution in [1.82, 2.24) is 19.8 Å². The van der Waals surface area contributed by atoms with Crippen molar-refractivity contribution >= 4 is 28.7 Å². The Hall–Kier alpha value is -3.42. The minimum absolute atomic E-state index is 0.0442. The first-order valence-electron chi connectivity index (χ1n) is 9.28. The third-order valence-corrected chi connectivity index (χ3v) is 4.46. The number of carbonyl (C=O) groups excluding carboxylic acids is 2. The van der Waals surface area contributed by atoms with Crippen LogP contribution in [0.25, 0.3) is 11.0 Å². The first-order valence-corrected chi connectivity index (χ1v) is 9.28. The zero-order valence-corrected chi connectivity index (χ0v) is 16.9. The Morgan fingerprint density at radius 1 is 1.21 bits per heavy atom. The summed E-state index contributed by atoms with van der Waals surface area (Å²) >= 11 is 0. The van der Waals surface area contributed by atoms with E-state index in [2.05, 4.69) is 15.6 Å². The molecule has 0 aliphatic heterocycles. The molecule has 0 atom stereocenters. The number of rotatable bonds is 5. The Balaban J connectivity index is 1.76. The van der Waals surface area contributed by atoms with E-state index in [1.165, 1.54) is 23.1 Å². The molecular weight excluding hydrogens is 373 g/mol. The molecule has 29 heavy (non-hydrogen) atoms. The fraction of sp³-hybridized carbons (Fsp3) is 0.286. The predicted molar refractivity (Wildman–Crippen MR) is 110 cm³/mol. The van der Waals surface area contributed by atoms with Gasteiger partial charge in [-0.25, -0.2) is 14.2 Å². The Morgan fingerprint density at radius 3 is 2.66 bits per heavy atom. The maximum Gasteiger partial charge on any atom is 0.321 e. The van der Waals surface area contributed by atoms with Gasteiger partial charge in [0, 0.05) is 31.4 Å². The third-order valence-electron chi connectivity index (χ3n) is 4.46. The van der Waals surface area contributed by atoms with Crippen LogP contribution in [-0.2, 0) is 13.6 Å². The van der Waals surface area contributed by atoms with Gasteiger partial charge in [0.2, 0.25) is 0 Å². The van der Waals surface area contributed by atoms with Crippen LogP contribution in [0.1, 0.15) is 30.0 Å². The highest BCUT2D eigenvalue weighted by atomic mass is 19.1. The highest BCUT2D eigenvalue weighted by molar-refractivity contribution is 5.97. The molecule has 3 rings (SSSR count). The van der Waals surface area contributed by atoms with Gasteiger partial charge >= 0.3 is 6.03 Å². The van der Waals surface area contributed by atoms with Crippen molar-refractivity contribution in [2.45, 2.75) is 26.4 Å². The molecule has 7 nitrogen and oxygen atoms in total. The van der Waals surface area contributed by atoms with Gasteiger partial charge in [-0.3, -0.25) is 4.79 Å². The monoisotopic (exact) mass is 397 g/mol. The highest BCUT2D eigenvalue weighted by Crippen LogP contribution is 2.18. The van der Waals surface area contributed by atoms with Crippen LogP contribution >= 0.6 is 0 Å². The highest BCUT2D eigenvalue weighted by Gasteiger charge is 2.16. The van der Waals surface area contributed by atoms with Crippen LogP contribution in [0.15, 0.2) is 42.5 Å². The van der Waals surface area contributed by atoms with Gasteiger partial charge in [0.1, 0.15) is 11.6 Å². The van der Waals surface area contributed by atoms with Gasteiger partial charge in [0.05, 0.1) is 17.6 Å².